The van der Waals surface area contributed by atoms with Crippen LogP contribution in [0.5, 0.6) is 5.75 Å². The maximum absolute atomic E-state index is 12.5. The second-order valence-electron chi connectivity index (χ2n) is 5.70. The average Bonchev–Trinajstić information content (AvgIpc) is 3.08. The Morgan fingerprint density at radius 1 is 1.38 bits per heavy atom. The van der Waals surface area contributed by atoms with E-state index in [2.05, 4.69) is 10.6 Å². The lowest BCUT2D eigenvalue weighted by molar-refractivity contribution is -0.137. The minimum Gasteiger partial charge on any atom is -0.495 e. The molecule has 2 N–H and O–H groups in total. The number of para-hydroxylation sites is 2. The SMILES string of the molecule is CCCN(CC(=O)Nc1ccccc1OC)C(=O)C1CCNC1.Cl. The Hall–Kier alpha value is -1.79. The van der Waals surface area contributed by atoms with E-state index in [9.17, 15) is 9.59 Å². The van der Waals surface area contributed by atoms with E-state index in [4.69, 9.17) is 4.74 Å². The first-order valence-electron chi connectivity index (χ1n) is 8.08. The summed E-state index contributed by atoms with van der Waals surface area (Å²) in [5, 5.41) is 6.02. The third-order valence-electron chi connectivity index (χ3n) is 3.93. The van der Waals surface area contributed by atoms with E-state index >= 15 is 0 Å². The smallest absolute Gasteiger partial charge is 0.244 e. The van der Waals surface area contributed by atoms with Crippen molar-refractivity contribution in [2.45, 2.75) is 19.8 Å². The lowest BCUT2D eigenvalue weighted by atomic mass is 10.1. The Kier molecular flexibility index (Phi) is 8.57. The molecule has 0 spiro atoms. The summed E-state index contributed by atoms with van der Waals surface area (Å²) < 4.78 is 5.22. The summed E-state index contributed by atoms with van der Waals surface area (Å²) in [6, 6.07) is 7.24. The molecule has 1 fully saturated rings. The lowest BCUT2D eigenvalue weighted by Crippen LogP contribution is -2.42. The van der Waals surface area contributed by atoms with Gasteiger partial charge in [0.05, 0.1) is 25.3 Å². The predicted molar refractivity (Wildman–Crippen MR) is 96.7 cm³/mol. The van der Waals surface area contributed by atoms with Crippen molar-refractivity contribution in [2.75, 3.05) is 38.6 Å². The molecule has 6 nitrogen and oxygen atoms in total. The Morgan fingerprint density at radius 3 is 2.75 bits per heavy atom. The van der Waals surface area contributed by atoms with Crippen LogP contribution in [0, 0.1) is 5.92 Å². The zero-order valence-electron chi connectivity index (χ0n) is 14.2. The molecule has 1 aliphatic heterocycles. The Balaban J connectivity index is 0.00000288. The predicted octanol–water partition coefficient (Wildman–Crippen LogP) is 1.90. The van der Waals surface area contributed by atoms with Gasteiger partial charge in [-0.2, -0.15) is 0 Å². The Morgan fingerprint density at radius 2 is 2.12 bits per heavy atom. The van der Waals surface area contributed by atoms with Crippen molar-refractivity contribution in [3.63, 3.8) is 0 Å². The number of nitrogens with zero attached hydrogens (tertiary/aromatic N) is 1. The topological polar surface area (TPSA) is 70.7 Å². The zero-order chi connectivity index (χ0) is 16.7. The van der Waals surface area contributed by atoms with Gasteiger partial charge in [-0.25, -0.2) is 0 Å². The number of anilines is 1. The van der Waals surface area contributed by atoms with Crippen molar-refractivity contribution in [3.05, 3.63) is 24.3 Å². The van der Waals surface area contributed by atoms with Crippen LogP contribution in [0.4, 0.5) is 5.69 Å². The number of halogens is 1. The standard InChI is InChI=1S/C17H25N3O3.ClH/c1-3-10-20(17(22)13-8-9-18-11-13)12-16(21)19-14-6-4-5-7-15(14)23-2;/h4-7,13,18H,3,8-12H2,1-2H3,(H,19,21);1H. The highest BCUT2D eigenvalue weighted by Gasteiger charge is 2.27. The van der Waals surface area contributed by atoms with Crippen molar-refractivity contribution in [3.8, 4) is 5.75 Å². The van der Waals surface area contributed by atoms with Crippen LogP contribution in [0.1, 0.15) is 19.8 Å². The van der Waals surface area contributed by atoms with Crippen LogP contribution < -0.4 is 15.4 Å². The summed E-state index contributed by atoms with van der Waals surface area (Å²) >= 11 is 0. The Labute approximate surface area is 149 Å². The molecule has 1 unspecified atom stereocenters. The van der Waals surface area contributed by atoms with E-state index < -0.39 is 0 Å². The van der Waals surface area contributed by atoms with Crippen LogP contribution in [-0.4, -0.2) is 50.0 Å². The van der Waals surface area contributed by atoms with Crippen LogP contribution >= 0.6 is 12.4 Å². The highest BCUT2D eigenvalue weighted by Crippen LogP contribution is 2.23. The third kappa shape index (κ3) is 5.39. The van der Waals surface area contributed by atoms with Crippen LogP contribution in [0.2, 0.25) is 0 Å². The number of nitrogens with one attached hydrogen (secondary N) is 2. The van der Waals surface area contributed by atoms with Crippen LogP contribution in [0.3, 0.4) is 0 Å². The van der Waals surface area contributed by atoms with Gasteiger partial charge in [0.15, 0.2) is 0 Å². The summed E-state index contributed by atoms with van der Waals surface area (Å²) in [6.07, 6.45) is 1.67. The van der Waals surface area contributed by atoms with E-state index in [1.165, 1.54) is 0 Å². The van der Waals surface area contributed by atoms with Crippen LogP contribution in [0.25, 0.3) is 0 Å². The number of hydrogen-bond donors (Lipinski definition) is 2. The van der Waals surface area contributed by atoms with Gasteiger partial charge in [0.2, 0.25) is 11.8 Å². The number of benzene rings is 1. The molecule has 1 aromatic carbocycles. The molecular weight excluding hydrogens is 330 g/mol. The minimum atomic E-state index is -0.206. The number of ether oxygens (including phenoxy) is 1. The fourth-order valence-electron chi connectivity index (χ4n) is 2.77. The van der Waals surface area contributed by atoms with E-state index in [1.54, 1.807) is 24.1 Å². The van der Waals surface area contributed by atoms with Gasteiger partial charge in [0.25, 0.3) is 0 Å². The summed E-state index contributed by atoms with van der Waals surface area (Å²) in [4.78, 5) is 26.5. The van der Waals surface area contributed by atoms with Gasteiger partial charge in [-0.1, -0.05) is 19.1 Å². The van der Waals surface area contributed by atoms with E-state index in [0.29, 0.717) is 24.5 Å². The highest BCUT2D eigenvalue weighted by atomic mass is 35.5. The van der Waals surface area contributed by atoms with Crippen molar-refractivity contribution >= 4 is 29.9 Å². The van der Waals surface area contributed by atoms with Gasteiger partial charge in [-0.15, -0.1) is 12.4 Å². The third-order valence-corrected chi connectivity index (χ3v) is 3.93. The second kappa shape index (κ2) is 10.2. The molecule has 1 aliphatic rings. The van der Waals surface area contributed by atoms with Gasteiger partial charge >= 0.3 is 0 Å². The number of amides is 2. The molecule has 134 valence electrons. The number of carbonyl (C=O) groups is 2. The maximum Gasteiger partial charge on any atom is 0.244 e. The number of rotatable bonds is 7. The van der Waals surface area contributed by atoms with Gasteiger partial charge in [0, 0.05) is 13.1 Å². The van der Waals surface area contributed by atoms with Gasteiger partial charge in [0.1, 0.15) is 5.75 Å². The first-order chi connectivity index (χ1) is 11.2. The summed E-state index contributed by atoms with van der Waals surface area (Å²) in [6.45, 7) is 4.23. The van der Waals surface area contributed by atoms with Crippen molar-refractivity contribution in [2.24, 2.45) is 5.92 Å². The molecule has 1 heterocycles. The highest BCUT2D eigenvalue weighted by molar-refractivity contribution is 5.96. The summed E-state index contributed by atoms with van der Waals surface area (Å²) in [5.41, 5.74) is 0.617. The van der Waals surface area contributed by atoms with Crippen LogP contribution in [0.15, 0.2) is 24.3 Å². The monoisotopic (exact) mass is 355 g/mol. The summed E-state index contributed by atoms with van der Waals surface area (Å²) in [7, 11) is 1.56. The van der Waals surface area contributed by atoms with Crippen molar-refractivity contribution in [1.82, 2.24) is 10.2 Å². The quantitative estimate of drug-likeness (QED) is 0.783. The first kappa shape index (κ1) is 20.3. The minimum absolute atomic E-state index is 0. The largest absolute Gasteiger partial charge is 0.495 e. The fraction of sp³-hybridized carbons (Fsp3) is 0.529. The molecule has 1 aromatic rings. The molecule has 0 radical (unpaired) electrons. The summed E-state index contributed by atoms with van der Waals surface area (Å²) in [5.74, 6) is 0.448. The molecule has 0 aromatic heterocycles. The molecule has 2 rings (SSSR count). The lowest BCUT2D eigenvalue weighted by Gasteiger charge is -2.24. The number of hydrogen-bond acceptors (Lipinski definition) is 4. The molecule has 7 heteroatoms. The molecule has 0 saturated carbocycles. The zero-order valence-corrected chi connectivity index (χ0v) is 15.0. The van der Waals surface area contributed by atoms with Gasteiger partial charge in [-0.3, -0.25) is 9.59 Å². The van der Waals surface area contributed by atoms with Gasteiger partial charge < -0.3 is 20.3 Å². The molecule has 1 atom stereocenters. The van der Waals surface area contributed by atoms with Gasteiger partial charge in [-0.05, 0) is 31.5 Å². The van der Waals surface area contributed by atoms with Crippen LogP contribution in [-0.2, 0) is 9.59 Å². The number of methoxy groups -OCH3 is 1. The number of carbonyl (C=O) groups excluding carboxylic acids is 2. The molecule has 0 bridgehead atoms. The van der Waals surface area contributed by atoms with Crippen molar-refractivity contribution in [1.29, 1.82) is 0 Å². The Bertz CT molecular complexity index is 548. The molecular formula is C17H26ClN3O3. The average molecular weight is 356 g/mol. The first-order valence-corrected chi connectivity index (χ1v) is 8.08. The van der Waals surface area contributed by atoms with E-state index in [1.807, 2.05) is 19.1 Å². The molecule has 0 aliphatic carbocycles. The fourth-order valence-corrected chi connectivity index (χ4v) is 2.77. The molecule has 24 heavy (non-hydrogen) atoms. The maximum atomic E-state index is 12.5. The van der Waals surface area contributed by atoms with Crippen molar-refractivity contribution < 1.29 is 14.3 Å². The molecule has 1 saturated heterocycles. The van der Waals surface area contributed by atoms with E-state index in [-0.39, 0.29) is 36.7 Å². The second-order valence-corrected chi connectivity index (χ2v) is 5.70. The molecule has 2 amide bonds. The normalized spacial score (nSPS) is 16.2. The van der Waals surface area contributed by atoms with E-state index in [0.717, 1.165) is 19.4 Å².